The van der Waals surface area contributed by atoms with Crippen molar-refractivity contribution in [1.29, 1.82) is 0 Å². The smallest absolute Gasteiger partial charge is 0.262 e. The fraction of sp³-hybridized carbons (Fsp3) is 0.417. The van der Waals surface area contributed by atoms with E-state index in [1.54, 1.807) is 25.5 Å². The van der Waals surface area contributed by atoms with E-state index in [2.05, 4.69) is 30.0 Å². The average Bonchev–Trinajstić information content (AvgIpc) is 3.43. The summed E-state index contributed by atoms with van der Waals surface area (Å²) in [5.41, 5.74) is 9.06. The molecule has 2 spiro atoms. The van der Waals surface area contributed by atoms with Crippen LogP contribution < -0.4 is 5.73 Å². The van der Waals surface area contributed by atoms with Crippen LogP contribution in [0.1, 0.15) is 47.9 Å². The van der Waals surface area contributed by atoms with Crippen molar-refractivity contribution in [3.63, 3.8) is 0 Å². The van der Waals surface area contributed by atoms with Gasteiger partial charge in [-0.25, -0.2) is 4.99 Å². The highest BCUT2D eigenvalue weighted by molar-refractivity contribution is 7.08. The zero-order valence-electron chi connectivity index (χ0n) is 17.3. The molecule has 5 rings (SSSR count). The SMILES string of the molecule is COC1CCC2(CC1)Cc1ccc(C#Cc3ccsc3)cc1C21N=C(N)N(C)C1=O. The Balaban J connectivity index is 1.62. The van der Waals surface area contributed by atoms with E-state index >= 15 is 0 Å². The Kier molecular flexibility index (Phi) is 4.49. The third-order valence-corrected chi connectivity index (χ3v) is 7.81. The van der Waals surface area contributed by atoms with Crippen molar-refractivity contribution < 1.29 is 9.53 Å². The van der Waals surface area contributed by atoms with Crippen molar-refractivity contribution in [3.8, 4) is 11.8 Å². The van der Waals surface area contributed by atoms with Crippen LogP contribution in [0.15, 0.2) is 40.0 Å². The van der Waals surface area contributed by atoms with E-state index in [0.717, 1.165) is 48.8 Å². The number of carbonyl (C=O) groups is 1. The summed E-state index contributed by atoms with van der Waals surface area (Å²) in [4.78, 5) is 20.1. The minimum absolute atomic E-state index is 0.0161. The Morgan fingerprint density at radius 2 is 2.00 bits per heavy atom. The lowest BCUT2D eigenvalue weighted by Gasteiger charge is -2.45. The van der Waals surface area contributed by atoms with Crippen LogP contribution >= 0.6 is 11.3 Å². The summed E-state index contributed by atoms with van der Waals surface area (Å²) in [5.74, 6) is 6.76. The molecule has 2 N–H and O–H groups in total. The van der Waals surface area contributed by atoms with Crippen molar-refractivity contribution in [3.05, 3.63) is 57.3 Å². The minimum atomic E-state index is -0.944. The second-order valence-electron chi connectivity index (χ2n) is 8.57. The van der Waals surface area contributed by atoms with Crippen LogP contribution in [0.25, 0.3) is 0 Å². The van der Waals surface area contributed by atoms with Gasteiger partial charge in [-0.1, -0.05) is 17.9 Å². The zero-order valence-corrected chi connectivity index (χ0v) is 18.1. The number of fused-ring (bicyclic) bond motifs is 3. The first-order chi connectivity index (χ1) is 14.5. The van der Waals surface area contributed by atoms with Crippen LogP contribution in [-0.4, -0.2) is 37.0 Å². The van der Waals surface area contributed by atoms with Crippen LogP contribution in [-0.2, 0) is 21.5 Å². The molecular weight excluding hydrogens is 394 g/mol. The molecule has 1 unspecified atom stereocenters. The summed E-state index contributed by atoms with van der Waals surface area (Å²) in [7, 11) is 3.49. The normalized spacial score (nSPS) is 29.8. The average molecular weight is 420 g/mol. The zero-order chi connectivity index (χ0) is 20.9. The number of ether oxygens (including phenoxy) is 1. The number of nitrogens with two attached hydrogens (primary N) is 1. The number of nitrogens with zero attached hydrogens (tertiary/aromatic N) is 2. The highest BCUT2D eigenvalue weighted by atomic mass is 32.1. The summed E-state index contributed by atoms with van der Waals surface area (Å²) in [6, 6.07) is 8.26. The Hall–Kier alpha value is -2.62. The van der Waals surface area contributed by atoms with E-state index in [0.29, 0.717) is 5.96 Å². The van der Waals surface area contributed by atoms with Gasteiger partial charge in [0.1, 0.15) is 0 Å². The van der Waals surface area contributed by atoms with Crippen LogP contribution in [0, 0.1) is 17.3 Å². The second kappa shape index (κ2) is 6.97. The Labute approximate surface area is 180 Å². The Morgan fingerprint density at radius 3 is 2.63 bits per heavy atom. The van der Waals surface area contributed by atoms with Gasteiger partial charge in [0.25, 0.3) is 5.91 Å². The highest BCUT2D eigenvalue weighted by Gasteiger charge is 2.66. The first-order valence-corrected chi connectivity index (χ1v) is 11.3. The van der Waals surface area contributed by atoms with E-state index in [1.165, 1.54) is 10.5 Å². The fourth-order valence-electron chi connectivity index (χ4n) is 5.48. The molecule has 1 aromatic carbocycles. The molecule has 5 nitrogen and oxygen atoms in total. The van der Waals surface area contributed by atoms with Gasteiger partial charge in [-0.2, -0.15) is 11.3 Å². The second-order valence-corrected chi connectivity index (χ2v) is 9.35. The predicted octanol–water partition coefficient (Wildman–Crippen LogP) is 3.26. The summed E-state index contributed by atoms with van der Waals surface area (Å²) < 4.78 is 5.60. The maximum absolute atomic E-state index is 13.6. The lowest BCUT2D eigenvalue weighted by molar-refractivity contribution is -0.137. The number of carbonyl (C=O) groups excluding carboxylic acids is 1. The number of benzene rings is 1. The van der Waals surface area contributed by atoms with Gasteiger partial charge in [-0.15, -0.1) is 0 Å². The van der Waals surface area contributed by atoms with Crippen LogP contribution in [0.4, 0.5) is 0 Å². The third kappa shape index (κ3) is 2.65. The van der Waals surface area contributed by atoms with Crippen molar-refractivity contribution in [2.45, 2.75) is 43.7 Å². The molecule has 1 aliphatic heterocycles. The van der Waals surface area contributed by atoms with Gasteiger partial charge < -0.3 is 10.5 Å². The summed E-state index contributed by atoms with van der Waals surface area (Å²) in [6.45, 7) is 0. The van der Waals surface area contributed by atoms with E-state index in [4.69, 9.17) is 15.5 Å². The molecule has 1 amide bonds. The van der Waals surface area contributed by atoms with Crippen LogP contribution in [0.5, 0.6) is 0 Å². The number of rotatable bonds is 1. The van der Waals surface area contributed by atoms with Gasteiger partial charge in [0, 0.05) is 36.1 Å². The number of hydrogen-bond acceptors (Lipinski definition) is 5. The number of thiophene rings is 1. The molecule has 3 aliphatic rings. The topological polar surface area (TPSA) is 67.9 Å². The lowest BCUT2D eigenvalue weighted by Crippen LogP contribution is -2.51. The molecule has 0 radical (unpaired) electrons. The summed E-state index contributed by atoms with van der Waals surface area (Å²) in [5, 5.41) is 4.05. The molecule has 0 bridgehead atoms. The molecule has 154 valence electrons. The van der Waals surface area contributed by atoms with Gasteiger partial charge in [-0.05, 0) is 66.8 Å². The van der Waals surface area contributed by atoms with Gasteiger partial charge in [0.15, 0.2) is 11.5 Å². The van der Waals surface area contributed by atoms with Crippen LogP contribution in [0.2, 0.25) is 0 Å². The maximum Gasteiger partial charge on any atom is 0.262 e. The Bertz CT molecular complexity index is 1090. The Morgan fingerprint density at radius 1 is 1.23 bits per heavy atom. The molecule has 1 aromatic heterocycles. The molecule has 2 aromatic rings. The standard InChI is InChI=1S/C24H25N3O2S/c1-27-21(28)24(26-22(27)25)20-13-16(3-4-17-9-12-30-15-17)5-6-18(20)14-23(24)10-7-19(29-2)8-11-23/h5-6,9,12-13,15,19H,7-8,10-11,14H2,1-2H3,(H2,25,26). The molecular formula is C24H25N3O2S. The van der Waals surface area contributed by atoms with Crippen molar-refractivity contribution >= 4 is 23.2 Å². The fourth-order valence-corrected chi connectivity index (χ4v) is 6.07. The molecule has 30 heavy (non-hydrogen) atoms. The number of guanidine groups is 1. The van der Waals surface area contributed by atoms with Crippen molar-refractivity contribution in [2.75, 3.05) is 14.2 Å². The first-order valence-electron chi connectivity index (χ1n) is 10.3. The maximum atomic E-state index is 13.6. The number of methoxy groups -OCH3 is 1. The molecule has 2 heterocycles. The van der Waals surface area contributed by atoms with Gasteiger partial charge >= 0.3 is 0 Å². The van der Waals surface area contributed by atoms with E-state index in [1.807, 2.05) is 16.8 Å². The van der Waals surface area contributed by atoms with E-state index < -0.39 is 5.54 Å². The molecule has 2 aliphatic carbocycles. The number of aliphatic imine (C=N–C) groups is 1. The van der Waals surface area contributed by atoms with Gasteiger partial charge in [0.2, 0.25) is 0 Å². The third-order valence-electron chi connectivity index (χ3n) is 7.13. The minimum Gasteiger partial charge on any atom is -0.381 e. The molecule has 1 fully saturated rings. The number of hydrogen-bond donors (Lipinski definition) is 1. The number of likely N-dealkylation sites (N-methyl/N-ethyl adjacent to an activating group) is 1. The molecule has 6 heteroatoms. The monoisotopic (exact) mass is 419 g/mol. The quantitative estimate of drug-likeness (QED) is 0.722. The highest BCUT2D eigenvalue weighted by Crippen LogP contribution is 2.61. The predicted molar refractivity (Wildman–Crippen MR) is 118 cm³/mol. The summed E-state index contributed by atoms with van der Waals surface area (Å²) >= 11 is 1.63. The van der Waals surface area contributed by atoms with Crippen molar-refractivity contribution in [1.82, 2.24) is 4.90 Å². The first kappa shape index (κ1) is 19.3. The lowest BCUT2D eigenvalue weighted by atomic mass is 9.61. The van der Waals surface area contributed by atoms with Gasteiger partial charge in [0.05, 0.1) is 6.10 Å². The van der Waals surface area contributed by atoms with Crippen molar-refractivity contribution in [2.24, 2.45) is 16.1 Å². The molecule has 1 atom stereocenters. The molecule has 0 saturated heterocycles. The van der Waals surface area contributed by atoms with E-state index in [-0.39, 0.29) is 17.4 Å². The van der Waals surface area contributed by atoms with Crippen LogP contribution in [0.3, 0.4) is 0 Å². The number of amides is 1. The van der Waals surface area contributed by atoms with E-state index in [9.17, 15) is 4.79 Å². The molecule has 1 saturated carbocycles. The largest absolute Gasteiger partial charge is 0.381 e. The van der Waals surface area contributed by atoms with Gasteiger partial charge in [-0.3, -0.25) is 9.69 Å². The summed E-state index contributed by atoms with van der Waals surface area (Å²) in [6.07, 6.45) is 4.75.